The minimum atomic E-state index is 0.658. The predicted molar refractivity (Wildman–Crippen MR) is 250 cm³/mol. The molecule has 0 atom stereocenters. The molecule has 0 saturated heterocycles. The van der Waals surface area contributed by atoms with E-state index >= 15 is 0 Å². The highest BCUT2D eigenvalue weighted by Gasteiger charge is 2.20. The Balaban J connectivity index is 1.23. The van der Waals surface area contributed by atoms with E-state index in [0.29, 0.717) is 5.56 Å². The average Bonchev–Trinajstić information content (AvgIpc) is 3.87. The summed E-state index contributed by atoms with van der Waals surface area (Å²) in [7, 11) is 0. The third-order valence-electron chi connectivity index (χ3n) is 11.3. The van der Waals surface area contributed by atoms with Crippen molar-refractivity contribution in [3.8, 4) is 72.8 Å². The van der Waals surface area contributed by atoms with E-state index in [2.05, 4.69) is 188 Å². The van der Waals surface area contributed by atoms with Crippen LogP contribution in [0.4, 0.5) is 0 Å². The van der Waals surface area contributed by atoms with Crippen LogP contribution in [0.1, 0.15) is 5.56 Å². The predicted octanol–water partition coefficient (Wildman–Crippen LogP) is 16.3. The number of fused-ring (bicyclic) bond motifs is 6. The molecule has 0 fully saturated rings. The van der Waals surface area contributed by atoms with E-state index in [9.17, 15) is 5.26 Å². The van der Waals surface area contributed by atoms with Crippen molar-refractivity contribution in [2.24, 2.45) is 0 Å². The van der Waals surface area contributed by atoms with E-state index in [-0.39, 0.29) is 0 Å². The Hall–Kier alpha value is -7.09. The molecule has 2 aromatic heterocycles. The van der Waals surface area contributed by atoms with E-state index < -0.39 is 0 Å². The number of nitriles is 1. The highest BCUT2D eigenvalue weighted by molar-refractivity contribution is 7.26. The number of thiophene rings is 2. The second-order valence-corrected chi connectivity index (χ2v) is 16.9. The minimum Gasteiger partial charge on any atom is -0.192 e. The van der Waals surface area contributed by atoms with Crippen LogP contribution < -0.4 is 0 Å². The molecule has 11 rings (SSSR count). The molecule has 0 aliphatic carbocycles. The molecule has 9 aromatic carbocycles. The SMILES string of the molecule is N#Cc1ccccc1-c1cc(-c2ccccc2)c(-c2cc(-c3ccc4sc5ccccc5c4c3)cc(-c3ccc4sc5ccccc5c4c3)c2)c(-c2ccccc2)c1. The molecule has 0 aliphatic heterocycles. The van der Waals surface area contributed by atoms with Crippen LogP contribution in [0.5, 0.6) is 0 Å². The van der Waals surface area contributed by atoms with Crippen molar-refractivity contribution < 1.29 is 0 Å². The summed E-state index contributed by atoms with van der Waals surface area (Å²) in [6.07, 6.45) is 0. The van der Waals surface area contributed by atoms with Crippen LogP contribution in [0.2, 0.25) is 0 Å². The van der Waals surface area contributed by atoms with Crippen molar-refractivity contribution in [2.45, 2.75) is 0 Å². The summed E-state index contributed by atoms with van der Waals surface area (Å²) in [5.41, 5.74) is 14.1. The highest BCUT2D eigenvalue weighted by Crippen LogP contribution is 2.47. The summed E-state index contributed by atoms with van der Waals surface area (Å²) in [4.78, 5) is 0. The van der Waals surface area contributed by atoms with E-state index in [4.69, 9.17) is 0 Å². The fourth-order valence-corrected chi connectivity index (χ4v) is 10.7. The third-order valence-corrected chi connectivity index (χ3v) is 13.6. The first-order valence-corrected chi connectivity index (χ1v) is 21.1. The zero-order chi connectivity index (χ0) is 38.6. The smallest absolute Gasteiger partial charge is 0.0998 e. The van der Waals surface area contributed by atoms with Gasteiger partial charge >= 0.3 is 0 Å². The summed E-state index contributed by atoms with van der Waals surface area (Å²) >= 11 is 3.70. The number of nitrogens with zero attached hydrogens (tertiary/aromatic N) is 1. The van der Waals surface area contributed by atoms with Crippen LogP contribution in [0.15, 0.2) is 200 Å². The monoisotopic (exact) mass is 771 g/mol. The summed E-state index contributed by atoms with van der Waals surface area (Å²) in [6.45, 7) is 0. The van der Waals surface area contributed by atoms with Gasteiger partial charge in [-0.3, -0.25) is 0 Å². The molecule has 0 aliphatic rings. The van der Waals surface area contributed by atoms with Crippen molar-refractivity contribution >= 4 is 63.0 Å². The normalized spacial score (nSPS) is 11.4. The van der Waals surface area contributed by atoms with Gasteiger partial charge in [0.2, 0.25) is 0 Å². The van der Waals surface area contributed by atoms with Gasteiger partial charge < -0.3 is 0 Å². The summed E-state index contributed by atoms with van der Waals surface area (Å²) in [5.74, 6) is 0. The van der Waals surface area contributed by atoms with Crippen molar-refractivity contribution in [2.75, 3.05) is 0 Å². The van der Waals surface area contributed by atoms with Crippen LogP contribution in [0.25, 0.3) is 107 Å². The van der Waals surface area contributed by atoms with Crippen LogP contribution >= 0.6 is 22.7 Å². The Morgan fingerprint density at radius 1 is 0.293 bits per heavy atom. The van der Waals surface area contributed by atoms with Crippen molar-refractivity contribution in [1.82, 2.24) is 0 Å². The zero-order valence-electron chi connectivity index (χ0n) is 31.3. The Morgan fingerprint density at radius 3 is 1.28 bits per heavy atom. The highest BCUT2D eigenvalue weighted by atomic mass is 32.1. The Morgan fingerprint density at radius 2 is 0.741 bits per heavy atom. The van der Waals surface area contributed by atoms with Gasteiger partial charge in [0.05, 0.1) is 11.6 Å². The largest absolute Gasteiger partial charge is 0.192 e. The summed E-state index contributed by atoms with van der Waals surface area (Å²) in [5, 5.41) is 15.4. The molecule has 270 valence electrons. The van der Waals surface area contributed by atoms with Gasteiger partial charge in [0.25, 0.3) is 0 Å². The molecule has 58 heavy (non-hydrogen) atoms. The molecule has 0 saturated carbocycles. The molecular weight excluding hydrogens is 739 g/mol. The van der Waals surface area contributed by atoms with Crippen molar-refractivity contribution in [3.63, 3.8) is 0 Å². The second kappa shape index (κ2) is 14.1. The number of benzene rings is 9. The molecule has 0 spiro atoms. The maximum absolute atomic E-state index is 10.2. The second-order valence-electron chi connectivity index (χ2n) is 14.8. The fraction of sp³-hybridized carbons (Fsp3) is 0. The molecule has 2 heterocycles. The summed E-state index contributed by atoms with van der Waals surface area (Å²) < 4.78 is 5.20. The van der Waals surface area contributed by atoms with Crippen molar-refractivity contribution in [1.29, 1.82) is 5.26 Å². The Kier molecular flexibility index (Phi) is 8.33. The zero-order valence-corrected chi connectivity index (χ0v) is 32.9. The van der Waals surface area contributed by atoms with E-state index in [1.165, 1.54) is 51.5 Å². The van der Waals surface area contributed by atoms with E-state index in [1.54, 1.807) is 0 Å². The molecule has 1 nitrogen and oxygen atoms in total. The number of rotatable bonds is 6. The molecule has 3 heteroatoms. The maximum atomic E-state index is 10.2. The minimum absolute atomic E-state index is 0.658. The molecule has 11 aromatic rings. The lowest BCUT2D eigenvalue weighted by Crippen LogP contribution is -1.95. The van der Waals surface area contributed by atoms with E-state index in [0.717, 1.165) is 55.6 Å². The summed E-state index contributed by atoms with van der Waals surface area (Å²) in [6, 6.07) is 74.8. The van der Waals surface area contributed by atoms with Gasteiger partial charge in [0, 0.05) is 40.3 Å². The van der Waals surface area contributed by atoms with Crippen molar-refractivity contribution in [3.05, 3.63) is 206 Å². The third kappa shape index (κ3) is 5.90. The molecular formula is C55H33NS2. The van der Waals surface area contributed by atoms with Gasteiger partial charge in [-0.2, -0.15) is 5.26 Å². The van der Waals surface area contributed by atoms with Gasteiger partial charge in [-0.1, -0.05) is 127 Å². The van der Waals surface area contributed by atoms with Crippen LogP contribution in [0.3, 0.4) is 0 Å². The topological polar surface area (TPSA) is 23.8 Å². The molecule has 0 amide bonds. The first-order valence-electron chi connectivity index (χ1n) is 19.5. The number of hydrogen-bond acceptors (Lipinski definition) is 3. The van der Waals surface area contributed by atoms with Crippen LogP contribution in [-0.4, -0.2) is 0 Å². The lowest BCUT2D eigenvalue weighted by Gasteiger charge is -2.21. The van der Waals surface area contributed by atoms with Crippen LogP contribution in [0, 0.1) is 11.3 Å². The number of hydrogen-bond donors (Lipinski definition) is 0. The van der Waals surface area contributed by atoms with Gasteiger partial charge in [-0.25, -0.2) is 0 Å². The van der Waals surface area contributed by atoms with Crippen LogP contribution in [-0.2, 0) is 0 Å². The van der Waals surface area contributed by atoms with Gasteiger partial charge in [-0.15, -0.1) is 22.7 Å². The molecule has 0 radical (unpaired) electrons. The lowest BCUT2D eigenvalue weighted by molar-refractivity contribution is 1.47. The van der Waals surface area contributed by atoms with E-state index in [1.807, 2.05) is 40.9 Å². The van der Waals surface area contributed by atoms with Gasteiger partial charge in [0.1, 0.15) is 0 Å². The standard InChI is InChI=1S/C55H33NS2/c56-34-39-17-7-8-18-44(39)42-32-47(35-13-3-1-4-14-35)55(48(33-42)36-15-5-2-6-16-36)43-28-40(37-23-25-53-49(30-37)45-19-9-11-21-51(45)57-53)27-41(29-43)38-24-26-54-50(31-38)46-20-10-12-22-52(46)58-54/h1-33H. The first-order chi connectivity index (χ1) is 28.7. The molecule has 0 bridgehead atoms. The molecule has 0 unspecified atom stereocenters. The lowest BCUT2D eigenvalue weighted by atomic mass is 9.82. The average molecular weight is 772 g/mol. The maximum Gasteiger partial charge on any atom is 0.0998 e. The quantitative estimate of drug-likeness (QED) is 0.165. The fourth-order valence-electron chi connectivity index (χ4n) is 8.55. The Bertz CT molecular complexity index is 3210. The van der Waals surface area contributed by atoms with Gasteiger partial charge in [0.15, 0.2) is 0 Å². The molecule has 0 N–H and O–H groups in total. The first kappa shape index (κ1) is 34.2. The Labute approximate surface area is 345 Å². The van der Waals surface area contributed by atoms with Gasteiger partial charge in [-0.05, 0) is 140 Å².